The molecule has 0 spiro atoms. The van der Waals surface area contributed by atoms with Gasteiger partial charge in [-0.15, -0.1) is 0 Å². The van der Waals surface area contributed by atoms with Gasteiger partial charge in [0.2, 0.25) is 17.7 Å². The Morgan fingerprint density at radius 2 is 1.83 bits per heavy atom. The van der Waals surface area contributed by atoms with Crippen molar-refractivity contribution in [3.8, 4) is 5.75 Å². The number of hydrogen-bond acceptors (Lipinski definition) is 4. The minimum absolute atomic E-state index is 0.0221. The summed E-state index contributed by atoms with van der Waals surface area (Å²) in [5.41, 5.74) is 1.20. The molecule has 1 aliphatic heterocycles. The lowest BCUT2D eigenvalue weighted by molar-refractivity contribution is -0.134. The highest BCUT2D eigenvalue weighted by molar-refractivity contribution is 6.33. The van der Waals surface area contributed by atoms with E-state index in [9.17, 15) is 14.4 Å². The van der Waals surface area contributed by atoms with E-state index in [1.165, 1.54) is 11.9 Å². The van der Waals surface area contributed by atoms with Gasteiger partial charge in [-0.2, -0.15) is 0 Å². The van der Waals surface area contributed by atoms with Gasteiger partial charge in [-0.1, -0.05) is 35.9 Å². The summed E-state index contributed by atoms with van der Waals surface area (Å²) in [6, 6.07) is 14.2. The number of amides is 3. The lowest BCUT2D eigenvalue weighted by Gasteiger charge is -2.29. The molecule has 0 radical (unpaired) electrons. The van der Waals surface area contributed by atoms with Crippen LogP contribution in [0.3, 0.4) is 0 Å². The van der Waals surface area contributed by atoms with Crippen molar-refractivity contribution in [3.63, 3.8) is 0 Å². The topological polar surface area (TPSA) is 79.0 Å². The highest BCUT2D eigenvalue weighted by Crippen LogP contribution is 2.31. The van der Waals surface area contributed by atoms with Crippen LogP contribution in [0.15, 0.2) is 48.5 Å². The second-order valence-electron chi connectivity index (χ2n) is 6.64. The molecule has 152 valence electrons. The Balaban J connectivity index is 1.49. The first kappa shape index (κ1) is 20.7. The van der Waals surface area contributed by atoms with E-state index in [4.69, 9.17) is 16.3 Å². The predicted octanol–water partition coefficient (Wildman–Crippen LogP) is 2.94. The number of nitrogens with zero attached hydrogens (tertiary/aromatic N) is 2. The fourth-order valence-electron chi connectivity index (χ4n) is 3.02. The molecule has 2 aromatic rings. The number of anilines is 2. The third-order valence-corrected chi connectivity index (χ3v) is 4.87. The van der Waals surface area contributed by atoms with Crippen LogP contribution in [0.5, 0.6) is 5.75 Å². The molecule has 0 fully saturated rings. The van der Waals surface area contributed by atoms with Gasteiger partial charge in [-0.25, -0.2) is 0 Å². The van der Waals surface area contributed by atoms with E-state index in [1.54, 1.807) is 29.2 Å². The van der Waals surface area contributed by atoms with Gasteiger partial charge in [0.05, 0.1) is 29.5 Å². The number of ether oxygens (including phenoxy) is 1. The molecule has 1 heterocycles. The normalized spacial score (nSPS) is 12.6. The molecule has 3 rings (SSSR count). The van der Waals surface area contributed by atoms with Crippen LogP contribution in [-0.4, -0.2) is 49.4 Å². The van der Waals surface area contributed by atoms with Crippen molar-refractivity contribution in [1.29, 1.82) is 0 Å². The standard InChI is InChI=1S/C21H22ClN3O4/c1-24(14-19(26)23-16-7-3-2-6-15(16)22)20(27)10-11-21(28)25-12-13-29-18-9-5-4-8-17(18)25/h2-9H,10-14H2,1H3,(H,23,26). The van der Waals surface area contributed by atoms with Crippen molar-refractivity contribution < 1.29 is 19.1 Å². The Morgan fingerprint density at radius 3 is 2.62 bits per heavy atom. The molecular weight excluding hydrogens is 394 g/mol. The molecule has 2 aromatic carbocycles. The predicted molar refractivity (Wildman–Crippen MR) is 111 cm³/mol. The van der Waals surface area contributed by atoms with Gasteiger partial charge in [0.15, 0.2) is 0 Å². The fourth-order valence-corrected chi connectivity index (χ4v) is 3.21. The summed E-state index contributed by atoms with van der Waals surface area (Å²) in [7, 11) is 1.53. The summed E-state index contributed by atoms with van der Waals surface area (Å²) >= 11 is 6.02. The molecule has 1 aliphatic rings. The van der Waals surface area contributed by atoms with Crippen LogP contribution in [0.25, 0.3) is 0 Å². The number of para-hydroxylation sites is 3. The number of hydrogen-bond donors (Lipinski definition) is 1. The first-order valence-electron chi connectivity index (χ1n) is 9.26. The molecular formula is C21H22ClN3O4. The highest BCUT2D eigenvalue weighted by Gasteiger charge is 2.24. The van der Waals surface area contributed by atoms with Crippen LogP contribution in [-0.2, 0) is 14.4 Å². The first-order valence-corrected chi connectivity index (χ1v) is 9.64. The second-order valence-corrected chi connectivity index (χ2v) is 7.05. The quantitative estimate of drug-likeness (QED) is 0.786. The highest BCUT2D eigenvalue weighted by atomic mass is 35.5. The average molecular weight is 416 g/mol. The Hall–Kier alpha value is -3.06. The first-order chi connectivity index (χ1) is 14.0. The number of carbonyl (C=O) groups is 3. The molecule has 7 nitrogen and oxygen atoms in total. The molecule has 0 saturated heterocycles. The van der Waals surface area contributed by atoms with Crippen LogP contribution >= 0.6 is 11.6 Å². The zero-order valence-electron chi connectivity index (χ0n) is 16.1. The number of likely N-dealkylation sites (N-methyl/N-ethyl adjacent to an activating group) is 1. The summed E-state index contributed by atoms with van der Waals surface area (Å²) in [6.07, 6.45) is 0.0812. The number of benzene rings is 2. The Kier molecular flexibility index (Phi) is 6.72. The molecule has 8 heteroatoms. The molecule has 0 aliphatic carbocycles. The molecule has 0 atom stereocenters. The summed E-state index contributed by atoms with van der Waals surface area (Å²) in [5, 5.41) is 3.09. The van der Waals surface area contributed by atoms with Gasteiger partial charge >= 0.3 is 0 Å². The van der Waals surface area contributed by atoms with Crippen molar-refractivity contribution in [2.75, 3.05) is 37.0 Å². The third kappa shape index (κ3) is 5.26. The van der Waals surface area contributed by atoms with Crippen molar-refractivity contribution in [2.45, 2.75) is 12.8 Å². The van der Waals surface area contributed by atoms with Gasteiger partial charge in [0, 0.05) is 19.9 Å². The maximum atomic E-state index is 12.6. The van der Waals surface area contributed by atoms with E-state index in [1.807, 2.05) is 24.3 Å². The Labute approximate surface area is 174 Å². The molecule has 0 bridgehead atoms. The molecule has 0 aromatic heterocycles. The number of halogens is 1. The molecule has 1 N–H and O–H groups in total. The summed E-state index contributed by atoms with van der Waals surface area (Å²) < 4.78 is 5.55. The largest absolute Gasteiger partial charge is 0.490 e. The molecule has 0 unspecified atom stereocenters. The van der Waals surface area contributed by atoms with Gasteiger partial charge in [-0.3, -0.25) is 14.4 Å². The van der Waals surface area contributed by atoms with E-state index in [0.29, 0.717) is 35.3 Å². The van der Waals surface area contributed by atoms with Gasteiger partial charge < -0.3 is 19.9 Å². The lowest BCUT2D eigenvalue weighted by atomic mass is 10.2. The van der Waals surface area contributed by atoms with Crippen LogP contribution in [0.1, 0.15) is 12.8 Å². The maximum Gasteiger partial charge on any atom is 0.244 e. The second kappa shape index (κ2) is 9.43. The van der Waals surface area contributed by atoms with E-state index >= 15 is 0 Å². The molecule has 29 heavy (non-hydrogen) atoms. The molecule has 3 amide bonds. The zero-order chi connectivity index (χ0) is 20.8. The lowest BCUT2D eigenvalue weighted by Crippen LogP contribution is -2.39. The number of nitrogens with one attached hydrogen (secondary N) is 1. The number of rotatable bonds is 6. The van der Waals surface area contributed by atoms with Crippen molar-refractivity contribution in [1.82, 2.24) is 4.90 Å². The molecule has 0 saturated carbocycles. The average Bonchev–Trinajstić information content (AvgIpc) is 2.72. The summed E-state index contributed by atoms with van der Waals surface area (Å²) in [5.74, 6) is -0.133. The van der Waals surface area contributed by atoms with Crippen LogP contribution < -0.4 is 15.0 Å². The van der Waals surface area contributed by atoms with Crippen molar-refractivity contribution in [3.05, 3.63) is 53.6 Å². The zero-order valence-corrected chi connectivity index (χ0v) is 16.8. The number of carbonyl (C=O) groups excluding carboxylic acids is 3. The van der Waals surface area contributed by atoms with E-state index in [-0.39, 0.29) is 37.1 Å². The fraction of sp³-hybridized carbons (Fsp3) is 0.286. The van der Waals surface area contributed by atoms with E-state index < -0.39 is 0 Å². The van der Waals surface area contributed by atoms with Crippen molar-refractivity contribution >= 4 is 40.7 Å². The third-order valence-electron chi connectivity index (χ3n) is 4.54. The minimum Gasteiger partial charge on any atom is -0.490 e. The number of fused-ring (bicyclic) bond motifs is 1. The van der Waals surface area contributed by atoms with Gasteiger partial charge in [0.25, 0.3) is 0 Å². The van der Waals surface area contributed by atoms with Gasteiger partial charge in [0.1, 0.15) is 12.4 Å². The van der Waals surface area contributed by atoms with Crippen LogP contribution in [0.4, 0.5) is 11.4 Å². The minimum atomic E-state index is -0.359. The van der Waals surface area contributed by atoms with Crippen LogP contribution in [0, 0.1) is 0 Å². The van der Waals surface area contributed by atoms with E-state index in [0.717, 1.165) is 0 Å². The Bertz CT molecular complexity index is 918. The maximum absolute atomic E-state index is 12.6. The Morgan fingerprint density at radius 1 is 1.10 bits per heavy atom. The van der Waals surface area contributed by atoms with Crippen LogP contribution in [0.2, 0.25) is 5.02 Å². The van der Waals surface area contributed by atoms with E-state index in [2.05, 4.69) is 5.32 Å². The van der Waals surface area contributed by atoms with Crippen molar-refractivity contribution in [2.24, 2.45) is 0 Å². The van der Waals surface area contributed by atoms with Gasteiger partial charge in [-0.05, 0) is 24.3 Å². The monoisotopic (exact) mass is 415 g/mol. The summed E-state index contributed by atoms with van der Waals surface area (Å²) in [6.45, 7) is 0.734. The SMILES string of the molecule is CN(CC(=O)Nc1ccccc1Cl)C(=O)CCC(=O)N1CCOc2ccccc21. The summed E-state index contributed by atoms with van der Waals surface area (Å²) in [4.78, 5) is 40.0. The smallest absolute Gasteiger partial charge is 0.244 e.